The van der Waals surface area contributed by atoms with E-state index < -0.39 is 0 Å². The van der Waals surface area contributed by atoms with Crippen molar-refractivity contribution in [1.29, 1.82) is 0 Å². The summed E-state index contributed by atoms with van der Waals surface area (Å²) in [5.41, 5.74) is 1.94. The maximum atomic E-state index is 12.5. The Morgan fingerprint density at radius 1 is 1.42 bits per heavy atom. The molecule has 62 valence electrons. The molecule has 0 atom stereocenters. The average Bonchev–Trinajstić information content (AvgIpc) is 2.06. The van der Waals surface area contributed by atoms with Gasteiger partial charge in [0.1, 0.15) is 5.82 Å². The molecule has 0 amide bonds. The molecule has 0 radical (unpaired) electrons. The summed E-state index contributed by atoms with van der Waals surface area (Å²) in [6.07, 6.45) is 1.65. The Hall–Kier alpha value is -1.44. The highest BCUT2D eigenvalue weighted by Gasteiger charge is 1.94. The van der Waals surface area contributed by atoms with Gasteiger partial charge >= 0.3 is 0 Å². The molecule has 1 aromatic rings. The second kappa shape index (κ2) is 3.81. The van der Waals surface area contributed by atoms with Crippen molar-refractivity contribution in [3.8, 4) is 0 Å². The maximum absolute atomic E-state index is 12.5. The first kappa shape index (κ1) is 8.65. The number of rotatable bonds is 2. The Labute approximate surface area is 71.3 Å². The fourth-order valence-corrected chi connectivity index (χ4v) is 0.924. The van der Waals surface area contributed by atoms with E-state index in [0.717, 1.165) is 11.1 Å². The van der Waals surface area contributed by atoms with Gasteiger partial charge in [0.2, 0.25) is 0 Å². The van der Waals surface area contributed by atoms with Crippen LogP contribution in [-0.4, -0.2) is 6.72 Å². The normalized spacial score (nSPS) is 11.3. The molecule has 2 heteroatoms. The van der Waals surface area contributed by atoms with E-state index in [4.69, 9.17) is 0 Å². The summed E-state index contributed by atoms with van der Waals surface area (Å²) in [4.78, 5) is 3.63. The van der Waals surface area contributed by atoms with Gasteiger partial charge in [0.25, 0.3) is 0 Å². The molecule has 12 heavy (non-hydrogen) atoms. The lowest BCUT2D eigenvalue weighted by molar-refractivity contribution is 0.627. The minimum Gasteiger partial charge on any atom is -0.272 e. The molecule has 0 fully saturated rings. The molecule has 0 unspecified atom stereocenters. The first-order chi connectivity index (χ1) is 5.74. The van der Waals surface area contributed by atoms with Gasteiger partial charge in [-0.3, -0.25) is 4.99 Å². The molecular weight excluding hydrogens is 153 g/mol. The highest BCUT2D eigenvalue weighted by molar-refractivity contribution is 5.63. The van der Waals surface area contributed by atoms with Crippen molar-refractivity contribution in [3.63, 3.8) is 0 Å². The van der Waals surface area contributed by atoms with Crippen molar-refractivity contribution in [1.82, 2.24) is 0 Å². The van der Waals surface area contributed by atoms with Gasteiger partial charge in [-0.1, -0.05) is 12.1 Å². The van der Waals surface area contributed by atoms with Gasteiger partial charge in [-0.15, -0.1) is 0 Å². The lowest BCUT2D eigenvalue weighted by Gasteiger charge is -1.98. The summed E-state index contributed by atoms with van der Waals surface area (Å²) in [6, 6.07) is 6.28. The van der Waals surface area contributed by atoms with Crippen molar-refractivity contribution in [2.24, 2.45) is 4.99 Å². The first-order valence-electron chi connectivity index (χ1n) is 3.62. The summed E-state index contributed by atoms with van der Waals surface area (Å²) < 4.78 is 12.5. The Bertz CT molecular complexity index is 298. The van der Waals surface area contributed by atoms with E-state index in [1.807, 2.05) is 6.92 Å². The SMILES string of the molecule is C=NC=C(C)c1ccc(F)cc1. The number of benzene rings is 1. The number of allylic oxidation sites excluding steroid dienone is 1. The summed E-state index contributed by atoms with van der Waals surface area (Å²) in [5.74, 6) is -0.224. The van der Waals surface area contributed by atoms with Crippen LogP contribution in [0.2, 0.25) is 0 Å². The number of nitrogens with zero attached hydrogens (tertiary/aromatic N) is 1. The van der Waals surface area contributed by atoms with Gasteiger partial charge in [0, 0.05) is 6.20 Å². The van der Waals surface area contributed by atoms with Crippen LogP contribution < -0.4 is 0 Å². The summed E-state index contributed by atoms with van der Waals surface area (Å²) in [5, 5.41) is 0. The molecule has 0 aliphatic heterocycles. The van der Waals surface area contributed by atoms with Gasteiger partial charge < -0.3 is 0 Å². The van der Waals surface area contributed by atoms with Crippen LogP contribution in [0, 0.1) is 5.82 Å². The van der Waals surface area contributed by atoms with E-state index in [2.05, 4.69) is 11.7 Å². The third-order valence-electron chi connectivity index (χ3n) is 1.58. The lowest BCUT2D eigenvalue weighted by Crippen LogP contribution is -1.79. The predicted molar refractivity (Wildman–Crippen MR) is 49.6 cm³/mol. The highest BCUT2D eigenvalue weighted by atomic mass is 19.1. The average molecular weight is 163 g/mol. The second-order valence-corrected chi connectivity index (χ2v) is 2.50. The van der Waals surface area contributed by atoms with Gasteiger partial charge in [-0.2, -0.15) is 0 Å². The Morgan fingerprint density at radius 3 is 2.50 bits per heavy atom. The fraction of sp³-hybridized carbons (Fsp3) is 0.100. The van der Waals surface area contributed by atoms with Crippen LogP contribution >= 0.6 is 0 Å². The molecule has 0 heterocycles. The molecule has 0 aliphatic carbocycles. The molecule has 0 spiro atoms. The maximum Gasteiger partial charge on any atom is 0.123 e. The molecule has 0 N–H and O–H groups in total. The molecule has 1 aromatic carbocycles. The summed E-state index contributed by atoms with van der Waals surface area (Å²) in [6.45, 7) is 5.25. The van der Waals surface area contributed by atoms with Crippen LogP contribution in [0.25, 0.3) is 5.57 Å². The molecule has 0 saturated heterocycles. The third-order valence-corrected chi connectivity index (χ3v) is 1.58. The zero-order chi connectivity index (χ0) is 8.97. The van der Waals surface area contributed by atoms with Gasteiger partial charge in [0.15, 0.2) is 0 Å². The third kappa shape index (κ3) is 2.02. The van der Waals surface area contributed by atoms with Crippen LogP contribution in [-0.2, 0) is 0 Å². The standard InChI is InChI=1S/C10H10FN/c1-8(7-12-2)9-3-5-10(11)6-4-9/h3-7H,2H2,1H3. The largest absolute Gasteiger partial charge is 0.272 e. The van der Waals surface area contributed by atoms with E-state index in [9.17, 15) is 4.39 Å². The zero-order valence-electron chi connectivity index (χ0n) is 6.92. The Kier molecular flexibility index (Phi) is 2.75. The summed E-state index contributed by atoms with van der Waals surface area (Å²) >= 11 is 0. The topological polar surface area (TPSA) is 12.4 Å². The number of hydrogen-bond donors (Lipinski definition) is 0. The number of halogens is 1. The first-order valence-corrected chi connectivity index (χ1v) is 3.62. The molecule has 0 saturated carbocycles. The fourth-order valence-electron chi connectivity index (χ4n) is 0.924. The minimum absolute atomic E-state index is 0.224. The van der Waals surface area contributed by atoms with E-state index in [1.54, 1.807) is 18.3 Å². The quantitative estimate of drug-likeness (QED) is 0.594. The van der Waals surface area contributed by atoms with Crippen molar-refractivity contribution in [2.45, 2.75) is 6.92 Å². The van der Waals surface area contributed by atoms with E-state index in [0.29, 0.717) is 0 Å². The second-order valence-electron chi connectivity index (χ2n) is 2.50. The molecule has 1 rings (SSSR count). The minimum atomic E-state index is -0.224. The van der Waals surface area contributed by atoms with Crippen molar-refractivity contribution >= 4 is 12.3 Å². The van der Waals surface area contributed by atoms with E-state index in [1.165, 1.54) is 12.1 Å². The van der Waals surface area contributed by atoms with Crippen LogP contribution in [0.1, 0.15) is 12.5 Å². The van der Waals surface area contributed by atoms with Gasteiger partial charge in [0.05, 0.1) is 0 Å². The van der Waals surface area contributed by atoms with E-state index >= 15 is 0 Å². The van der Waals surface area contributed by atoms with Crippen molar-refractivity contribution in [2.75, 3.05) is 0 Å². The molecule has 0 aliphatic rings. The predicted octanol–water partition coefficient (Wildman–Crippen LogP) is 2.89. The Morgan fingerprint density at radius 2 is 2.00 bits per heavy atom. The number of hydrogen-bond acceptors (Lipinski definition) is 1. The highest BCUT2D eigenvalue weighted by Crippen LogP contribution is 2.13. The van der Waals surface area contributed by atoms with Crippen LogP contribution in [0.3, 0.4) is 0 Å². The molecular formula is C10H10FN. The zero-order valence-corrected chi connectivity index (χ0v) is 6.92. The molecule has 0 aromatic heterocycles. The van der Waals surface area contributed by atoms with Gasteiger partial charge in [-0.25, -0.2) is 4.39 Å². The lowest BCUT2D eigenvalue weighted by atomic mass is 10.1. The number of aliphatic imine (C=N–C) groups is 1. The molecule has 1 nitrogen and oxygen atoms in total. The Balaban J connectivity index is 2.97. The van der Waals surface area contributed by atoms with Crippen LogP contribution in [0.5, 0.6) is 0 Å². The van der Waals surface area contributed by atoms with Crippen LogP contribution in [0.15, 0.2) is 35.5 Å². The smallest absolute Gasteiger partial charge is 0.123 e. The monoisotopic (exact) mass is 163 g/mol. The van der Waals surface area contributed by atoms with E-state index in [-0.39, 0.29) is 5.82 Å². The van der Waals surface area contributed by atoms with Crippen LogP contribution in [0.4, 0.5) is 4.39 Å². The van der Waals surface area contributed by atoms with Crippen molar-refractivity contribution < 1.29 is 4.39 Å². The van der Waals surface area contributed by atoms with Crippen molar-refractivity contribution in [3.05, 3.63) is 41.8 Å². The molecule has 0 bridgehead atoms. The summed E-state index contributed by atoms with van der Waals surface area (Å²) in [7, 11) is 0. The van der Waals surface area contributed by atoms with Gasteiger partial charge in [-0.05, 0) is 36.9 Å².